The van der Waals surface area contributed by atoms with E-state index >= 15 is 0 Å². The number of imidazole rings is 1. The van der Waals surface area contributed by atoms with Crippen LogP contribution in [0.15, 0.2) is 18.2 Å². The maximum absolute atomic E-state index is 6.06. The van der Waals surface area contributed by atoms with Gasteiger partial charge in [-0.25, -0.2) is 9.67 Å². The van der Waals surface area contributed by atoms with Gasteiger partial charge in [0.25, 0.3) is 0 Å². The smallest absolute Gasteiger partial charge is 0.207 e. The third-order valence-corrected chi connectivity index (χ3v) is 3.61. The quantitative estimate of drug-likeness (QED) is 0.790. The van der Waals surface area contributed by atoms with E-state index in [0.717, 1.165) is 29.0 Å². The highest BCUT2D eigenvalue weighted by atomic mass is 35.5. The lowest BCUT2D eigenvalue weighted by atomic mass is 10.3. The third kappa shape index (κ3) is 1.94. The second kappa shape index (κ2) is 4.68. The molecule has 5 nitrogen and oxygen atoms in total. The molecule has 20 heavy (non-hydrogen) atoms. The Balaban J connectivity index is 2.35. The first-order valence-electron chi connectivity index (χ1n) is 6.17. The molecule has 0 amide bonds. The Kier molecular flexibility index (Phi) is 3.11. The maximum atomic E-state index is 6.06. The molecule has 7 heteroatoms. The minimum atomic E-state index is 0.390. The van der Waals surface area contributed by atoms with Crippen molar-refractivity contribution in [2.45, 2.75) is 13.3 Å². The number of nitrogens with two attached hydrogens (primary N) is 1. The standard InChI is InChI=1S/C13H13Cl2N5/c1-3-10-11-12(19(2)18-10)20(13(16)17-11)9-5-7(14)4-8(15)6-9/h4-6H,3H2,1-2H3,(H2,16,17). The summed E-state index contributed by atoms with van der Waals surface area (Å²) >= 11 is 12.1. The minimum Gasteiger partial charge on any atom is -0.369 e. The number of aryl methyl sites for hydroxylation is 2. The van der Waals surface area contributed by atoms with E-state index in [9.17, 15) is 0 Å². The van der Waals surface area contributed by atoms with Gasteiger partial charge in [-0.2, -0.15) is 5.10 Å². The molecule has 2 aromatic heterocycles. The Labute approximate surface area is 125 Å². The van der Waals surface area contributed by atoms with Gasteiger partial charge in [-0.05, 0) is 24.6 Å². The Morgan fingerprint density at radius 1 is 1.20 bits per heavy atom. The fourth-order valence-electron chi connectivity index (χ4n) is 2.36. The fourth-order valence-corrected chi connectivity index (χ4v) is 2.87. The average Bonchev–Trinajstić information content (AvgIpc) is 2.85. The van der Waals surface area contributed by atoms with E-state index in [-0.39, 0.29) is 0 Å². The van der Waals surface area contributed by atoms with Crippen LogP contribution < -0.4 is 5.73 Å². The van der Waals surface area contributed by atoms with Crippen LogP contribution in [-0.4, -0.2) is 19.3 Å². The molecule has 3 aromatic rings. The summed E-state index contributed by atoms with van der Waals surface area (Å²) in [5.74, 6) is 0.390. The number of halogens is 2. The average molecular weight is 310 g/mol. The zero-order valence-electron chi connectivity index (χ0n) is 11.1. The van der Waals surface area contributed by atoms with Gasteiger partial charge in [0, 0.05) is 17.1 Å². The largest absolute Gasteiger partial charge is 0.369 e. The van der Waals surface area contributed by atoms with Gasteiger partial charge >= 0.3 is 0 Å². The predicted octanol–water partition coefficient (Wildman–Crippen LogP) is 3.21. The van der Waals surface area contributed by atoms with Crippen LogP contribution in [0.3, 0.4) is 0 Å². The molecule has 0 saturated carbocycles. The van der Waals surface area contributed by atoms with Gasteiger partial charge in [0.1, 0.15) is 5.52 Å². The molecule has 0 fully saturated rings. The van der Waals surface area contributed by atoms with Gasteiger partial charge in [-0.3, -0.25) is 4.57 Å². The van der Waals surface area contributed by atoms with Crippen LogP contribution in [-0.2, 0) is 13.5 Å². The van der Waals surface area contributed by atoms with Crippen LogP contribution in [0.25, 0.3) is 16.9 Å². The summed E-state index contributed by atoms with van der Waals surface area (Å²) in [5.41, 5.74) is 9.38. The molecular weight excluding hydrogens is 297 g/mol. The molecule has 0 saturated heterocycles. The molecule has 0 atom stereocenters. The number of anilines is 1. The summed E-state index contributed by atoms with van der Waals surface area (Å²) in [6.45, 7) is 2.03. The summed E-state index contributed by atoms with van der Waals surface area (Å²) in [6.07, 6.45) is 0.796. The van der Waals surface area contributed by atoms with Crippen molar-refractivity contribution in [2.24, 2.45) is 7.05 Å². The van der Waals surface area contributed by atoms with Crippen molar-refractivity contribution < 1.29 is 0 Å². The highest BCUT2D eigenvalue weighted by molar-refractivity contribution is 6.34. The molecule has 104 valence electrons. The van der Waals surface area contributed by atoms with Crippen LogP contribution in [0, 0.1) is 0 Å². The molecular formula is C13H13Cl2N5. The summed E-state index contributed by atoms with van der Waals surface area (Å²) < 4.78 is 3.57. The zero-order valence-corrected chi connectivity index (χ0v) is 12.6. The molecule has 1 aromatic carbocycles. The van der Waals surface area contributed by atoms with Crippen molar-refractivity contribution in [2.75, 3.05) is 5.73 Å². The highest BCUT2D eigenvalue weighted by Gasteiger charge is 2.18. The van der Waals surface area contributed by atoms with Crippen LogP contribution in [0.2, 0.25) is 10.0 Å². The maximum Gasteiger partial charge on any atom is 0.207 e. The van der Waals surface area contributed by atoms with Gasteiger partial charge in [0.05, 0.1) is 11.4 Å². The first-order chi connectivity index (χ1) is 9.51. The molecule has 0 bridgehead atoms. The molecule has 0 aliphatic heterocycles. The summed E-state index contributed by atoms with van der Waals surface area (Å²) in [6, 6.07) is 5.27. The SMILES string of the molecule is CCc1nn(C)c2c1nc(N)n2-c1cc(Cl)cc(Cl)c1. The molecule has 0 spiro atoms. The van der Waals surface area contributed by atoms with Gasteiger partial charge in [0.15, 0.2) is 5.65 Å². The van der Waals surface area contributed by atoms with Crippen LogP contribution in [0.1, 0.15) is 12.6 Å². The lowest BCUT2D eigenvalue weighted by molar-refractivity contribution is 0.751. The van der Waals surface area contributed by atoms with Gasteiger partial charge in [-0.15, -0.1) is 0 Å². The zero-order chi connectivity index (χ0) is 14.4. The second-order valence-corrected chi connectivity index (χ2v) is 5.40. The molecule has 0 aliphatic carbocycles. The van der Waals surface area contributed by atoms with Crippen LogP contribution >= 0.6 is 23.2 Å². The Bertz CT molecular complexity index is 783. The van der Waals surface area contributed by atoms with E-state index in [4.69, 9.17) is 28.9 Å². The van der Waals surface area contributed by atoms with E-state index in [2.05, 4.69) is 10.1 Å². The molecule has 0 radical (unpaired) electrons. The summed E-state index contributed by atoms with van der Waals surface area (Å²) in [5, 5.41) is 5.55. The Morgan fingerprint density at radius 3 is 2.45 bits per heavy atom. The number of benzene rings is 1. The number of nitrogens with zero attached hydrogens (tertiary/aromatic N) is 4. The molecule has 2 heterocycles. The van der Waals surface area contributed by atoms with Crippen LogP contribution in [0.5, 0.6) is 0 Å². The Morgan fingerprint density at radius 2 is 1.85 bits per heavy atom. The van der Waals surface area contributed by atoms with E-state index in [1.165, 1.54) is 0 Å². The van der Waals surface area contributed by atoms with Crippen molar-refractivity contribution in [1.82, 2.24) is 19.3 Å². The van der Waals surface area contributed by atoms with Crippen molar-refractivity contribution in [3.63, 3.8) is 0 Å². The molecule has 0 aliphatic rings. The van der Waals surface area contributed by atoms with Crippen molar-refractivity contribution in [3.05, 3.63) is 33.9 Å². The Hall–Kier alpha value is -1.72. The number of hydrogen-bond acceptors (Lipinski definition) is 3. The summed E-state index contributed by atoms with van der Waals surface area (Å²) in [4.78, 5) is 4.41. The van der Waals surface area contributed by atoms with Crippen molar-refractivity contribution >= 4 is 40.3 Å². The number of rotatable bonds is 2. The molecule has 2 N–H and O–H groups in total. The topological polar surface area (TPSA) is 61.7 Å². The number of aromatic nitrogens is 4. The molecule has 0 unspecified atom stereocenters. The monoisotopic (exact) mass is 309 g/mol. The second-order valence-electron chi connectivity index (χ2n) is 4.53. The van der Waals surface area contributed by atoms with E-state index in [1.54, 1.807) is 27.4 Å². The summed E-state index contributed by atoms with van der Waals surface area (Å²) in [7, 11) is 1.87. The van der Waals surface area contributed by atoms with Gasteiger partial charge < -0.3 is 5.73 Å². The van der Waals surface area contributed by atoms with Crippen LogP contribution in [0.4, 0.5) is 5.95 Å². The van der Waals surface area contributed by atoms with Gasteiger partial charge in [-0.1, -0.05) is 30.1 Å². The first kappa shape index (κ1) is 13.3. The normalized spacial score (nSPS) is 11.4. The minimum absolute atomic E-state index is 0.390. The van der Waals surface area contributed by atoms with Gasteiger partial charge in [0.2, 0.25) is 5.95 Å². The first-order valence-corrected chi connectivity index (χ1v) is 6.93. The number of nitrogen functional groups attached to an aromatic ring is 1. The van der Waals surface area contributed by atoms with Crippen molar-refractivity contribution in [3.8, 4) is 5.69 Å². The van der Waals surface area contributed by atoms with E-state index in [1.807, 2.05) is 14.0 Å². The fraction of sp³-hybridized carbons (Fsp3) is 0.231. The highest BCUT2D eigenvalue weighted by Crippen LogP contribution is 2.28. The van der Waals surface area contributed by atoms with E-state index < -0.39 is 0 Å². The van der Waals surface area contributed by atoms with Crippen molar-refractivity contribution in [1.29, 1.82) is 0 Å². The number of hydrogen-bond donors (Lipinski definition) is 1. The predicted molar refractivity (Wildman–Crippen MR) is 81.6 cm³/mol. The lowest BCUT2D eigenvalue weighted by Gasteiger charge is -2.08. The number of fused-ring (bicyclic) bond motifs is 1. The van der Waals surface area contributed by atoms with E-state index in [0.29, 0.717) is 16.0 Å². The lowest BCUT2D eigenvalue weighted by Crippen LogP contribution is -2.05. The third-order valence-electron chi connectivity index (χ3n) is 3.17. The molecule has 3 rings (SSSR count).